The maximum absolute atomic E-state index is 11.0. The number of amides is 1. The van der Waals surface area contributed by atoms with Crippen LogP contribution in [-0.4, -0.2) is 22.8 Å². The van der Waals surface area contributed by atoms with Gasteiger partial charge in [-0.05, 0) is 26.8 Å². The first-order valence-electron chi connectivity index (χ1n) is 4.37. The average Bonchev–Trinajstić information content (AvgIpc) is 1.99. The van der Waals surface area contributed by atoms with Gasteiger partial charge in [-0.3, -0.25) is 5.32 Å². The lowest BCUT2D eigenvalue weighted by molar-refractivity contribution is -0.131. The van der Waals surface area contributed by atoms with Gasteiger partial charge in [0.25, 0.3) is 0 Å². The molecule has 0 aromatic rings. The summed E-state index contributed by atoms with van der Waals surface area (Å²) in [5.41, 5.74) is -0.547. The van der Waals surface area contributed by atoms with Gasteiger partial charge in [0.2, 0.25) is 0 Å². The summed E-state index contributed by atoms with van der Waals surface area (Å²) in [7, 11) is 0. The molecule has 15 heavy (non-hydrogen) atoms. The third-order valence-corrected chi connectivity index (χ3v) is 1.05. The topological polar surface area (TPSA) is 75.6 Å². The van der Waals surface area contributed by atoms with Crippen molar-refractivity contribution in [2.45, 2.75) is 26.4 Å². The van der Waals surface area contributed by atoms with Crippen LogP contribution in [0.4, 0.5) is 4.79 Å². The SMILES string of the molecule is CC(C)(C)OC(=O)N/C=C/C=C\C(=O)O. The van der Waals surface area contributed by atoms with Crippen molar-refractivity contribution in [1.29, 1.82) is 0 Å². The Balaban J connectivity index is 3.86. The average molecular weight is 213 g/mol. The number of allylic oxidation sites excluding steroid dienone is 2. The predicted molar refractivity (Wildman–Crippen MR) is 55.3 cm³/mol. The summed E-state index contributed by atoms with van der Waals surface area (Å²) < 4.78 is 4.92. The zero-order valence-electron chi connectivity index (χ0n) is 8.98. The molecule has 0 heterocycles. The molecule has 0 atom stereocenters. The Hall–Kier alpha value is -1.78. The summed E-state index contributed by atoms with van der Waals surface area (Å²) in [4.78, 5) is 21.1. The number of carboxylic acids is 1. The van der Waals surface area contributed by atoms with E-state index in [1.54, 1.807) is 20.8 Å². The van der Waals surface area contributed by atoms with Gasteiger partial charge in [0.15, 0.2) is 0 Å². The fraction of sp³-hybridized carbons (Fsp3) is 0.400. The second-order valence-electron chi connectivity index (χ2n) is 3.70. The van der Waals surface area contributed by atoms with Crippen molar-refractivity contribution in [1.82, 2.24) is 5.32 Å². The van der Waals surface area contributed by atoms with Crippen LogP contribution in [0, 0.1) is 0 Å². The van der Waals surface area contributed by atoms with Crippen LogP contribution in [0.5, 0.6) is 0 Å². The molecule has 0 saturated heterocycles. The molecular formula is C10H15NO4. The largest absolute Gasteiger partial charge is 0.478 e. The number of ether oxygens (including phenoxy) is 1. The minimum Gasteiger partial charge on any atom is -0.478 e. The molecule has 2 N–H and O–H groups in total. The Morgan fingerprint density at radius 1 is 1.27 bits per heavy atom. The maximum atomic E-state index is 11.0. The van der Waals surface area contributed by atoms with Crippen molar-refractivity contribution in [3.63, 3.8) is 0 Å². The van der Waals surface area contributed by atoms with Crippen molar-refractivity contribution in [3.8, 4) is 0 Å². The third kappa shape index (κ3) is 10.1. The minimum atomic E-state index is -1.04. The molecule has 0 aromatic heterocycles. The lowest BCUT2D eigenvalue weighted by Crippen LogP contribution is -2.29. The Bertz CT molecular complexity index is 286. The van der Waals surface area contributed by atoms with E-state index in [0.717, 1.165) is 6.08 Å². The molecule has 0 radical (unpaired) electrons. The molecule has 1 amide bonds. The standard InChI is InChI=1S/C10H15NO4/c1-10(2,3)15-9(14)11-7-5-4-6-8(12)13/h4-7H,1-3H3,(H,11,14)(H,12,13)/b6-4-,7-5+. The first-order chi connectivity index (χ1) is 6.81. The van der Waals surface area contributed by atoms with E-state index in [9.17, 15) is 9.59 Å². The molecule has 0 aliphatic heterocycles. The lowest BCUT2D eigenvalue weighted by atomic mass is 10.2. The van der Waals surface area contributed by atoms with Gasteiger partial charge in [-0.25, -0.2) is 9.59 Å². The van der Waals surface area contributed by atoms with Crippen LogP contribution in [0.1, 0.15) is 20.8 Å². The molecule has 0 bridgehead atoms. The fourth-order valence-electron chi connectivity index (χ4n) is 0.617. The van der Waals surface area contributed by atoms with E-state index in [-0.39, 0.29) is 0 Å². The highest BCUT2D eigenvalue weighted by molar-refractivity contribution is 5.80. The van der Waals surface area contributed by atoms with E-state index in [2.05, 4.69) is 5.32 Å². The predicted octanol–water partition coefficient (Wildman–Crippen LogP) is 1.67. The summed E-state index contributed by atoms with van der Waals surface area (Å²) in [5, 5.41) is 10.6. The molecule has 0 saturated carbocycles. The van der Waals surface area contributed by atoms with Crippen LogP contribution in [0.25, 0.3) is 0 Å². The van der Waals surface area contributed by atoms with Gasteiger partial charge in [-0.1, -0.05) is 6.08 Å². The van der Waals surface area contributed by atoms with Gasteiger partial charge >= 0.3 is 12.1 Å². The van der Waals surface area contributed by atoms with E-state index in [4.69, 9.17) is 9.84 Å². The number of alkyl carbamates (subject to hydrolysis) is 1. The summed E-state index contributed by atoms with van der Waals surface area (Å²) in [6, 6.07) is 0. The number of carbonyl (C=O) groups is 2. The Morgan fingerprint density at radius 2 is 1.87 bits per heavy atom. The summed E-state index contributed by atoms with van der Waals surface area (Å²) in [6.45, 7) is 5.25. The van der Waals surface area contributed by atoms with Crippen molar-refractivity contribution in [2.24, 2.45) is 0 Å². The van der Waals surface area contributed by atoms with E-state index in [0.29, 0.717) is 0 Å². The molecule has 5 nitrogen and oxygen atoms in total. The molecular weight excluding hydrogens is 198 g/mol. The zero-order chi connectivity index (χ0) is 11.9. The molecule has 0 rings (SSSR count). The van der Waals surface area contributed by atoms with E-state index >= 15 is 0 Å². The third-order valence-electron chi connectivity index (χ3n) is 1.05. The van der Waals surface area contributed by atoms with Gasteiger partial charge in [0.1, 0.15) is 5.60 Å². The Morgan fingerprint density at radius 3 is 2.33 bits per heavy atom. The first kappa shape index (κ1) is 13.2. The number of carbonyl (C=O) groups excluding carboxylic acids is 1. The van der Waals surface area contributed by atoms with Crippen LogP contribution in [0.2, 0.25) is 0 Å². The second-order valence-corrected chi connectivity index (χ2v) is 3.70. The van der Waals surface area contributed by atoms with Crippen LogP contribution >= 0.6 is 0 Å². The molecule has 0 spiro atoms. The highest BCUT2D eigenvalue weighted by Gasteiger charge is 2.14. The van der Waals surface area contributed by atoms with Crippen molar-refractivity contribution < 1.29 is 19.4 Å². The number of carboxylic acid groups (broad SMARTS) is 1. The number of nitrogens with one attached hydrogen (secondary N) is 1. The number of rotatable bonds is 3. The van der Waals surface area contributed by atoms with Crippen molar-refractivity contribution in [3.05, 3.63) is 24.4 Å². The van der Waals surface area contributed by atoms with Crippen LogP contribution in [0.3, 0.4) is 0 Å². The molecule has 5 heteroatoms. The minimum absolute atomic E-state index is 0.547. The summed E-state index contributed by atoms with van der Waals surface area (Å²) in [6.07, 6.45) is 4.35. The molecule has 0 aliphatic carbocycles. The van der Waals surface area contributed by atoms with Crippen molar-refractivity contribution in [2.75, 3.05) is 0 Å². The highest BCUT2D eigenvalue weighted by atomic mass is 16.6. The number of aliphatic carboxylic acids is 1. The van der Waals surface area contributed by atoms with Crippen LogP contribution in [0.15, 0.2) is 24.4 Å². The lowest BCUT2D eigenvalue weighted by Gasteiger charge is -2.18. The van der Waals surface area contributed by atoms with Gasteiger partial charge in [-0.2, -0.15) is 0 Å². The summed E-state index contributed by atoms with van der Waals surface area (Å²) in [5.74, 6) is -1.04. The van der Waals surface area contributed by atoms with Crippen molar-refractivity contribution >= 4 is 12.1 Å². The van der Waals surface area contributed by atoms with Gasteiger partial charge < -0.3 is 9.84 Å². The van der Waals surface area contributed by atoms with E-state index < -0.39 is 17.7 Å². The van der Waals surface area contributed by atoms with E-state index in [1.165, 1.54) is 18.4 Å². The number of hydrogen-bond donors (Lipinski definition) is 2. The molecule has 0 fully saturated rings. The zero-order valence-corrected chi connectivity index (χ0v) is 8.98. The number of hydrogen-bond acceptors (Lipinski definition) is 3. The highest BCUT2D eigenvalue weighted by Crippen LogP contribution is 2.06. The molecule has 0 aliphatic rings. The normalized spacial score (nSPS) is 11.9. The summed E-state index contributed by atoms with van der Waals surface area (Å²) >= 11 is 0. The second kappa shape index (κ2) is 5.85. The molecule has 0 aromatic carbocycles. The van der Waals surface area contributed by atoms with Gasteiger partial charge in [-0.15, -0.1) is 0 Å². The maximum Gasteiger partial charge on any atom is 0.411 e. The quantitative estimate of drug-likeness (QED) is 0.552. The monoisotopic (exact) mass is 213 g/mol. The molecule has 0 unspecified atom stereocenters. The van der Waals surface area contributed by atoms with E-state index in [1.807, 2.05) is 0 Å². The van der Waals surface area contributed by atoms with Gasteiger partial charge in [0.05, 0.1) is 0 Å². The fourth-order valence-corrected chi connectivity index (χ4v) is 0.617. The van der Waals surface area contributed by atoms with Crippen LogP contribution in [-0.2, 0) is 9.53 Å². The smallest absolute Gasteiger partial charge is 0.411 e. The first-order valence-corrected chi connectivity index (χ1v) is 4.37. The molecule has 84 valence electrons. The van der Waals surface area contributed by atoms with Crippen LogP contribution < -0.4 is 5.32 Å². The van der Waals surface area contributed by atoms with Gasteiger partial charge in [0, 0.05) is 12.3 Å². The Labute approximate surface area is 88.4 Å². The Kier molecular flexibility index (Phi) is 5.15.